The first kappa shape index (κ1) is 24.5. The van der Waals surface area contributed by atoms with Gasteiger partial charge in [0, 0.05) is 24.2 Å². The minimum atomic E-state index is -0.530. The van der Waals surface area contributed by atoms with Crippen molar-refractivity contribution in [3.63, 3.8) is 0 Å². The van der Waals surface area contributed by atoms with Crippen LogP contribution in [0.2, 0.25) is 0 Å². The van der Waals surface area contributed by atoms with E-state index in [-0.39, 0.29) is 11.6 Å². The van der Waals surface area contributed by atoms with Gasteiger partial charge in [-0.25, -0.2) is 9.07 Å². The van der Waals surface area contributed by atoms with E-state index >= 15 is 0 Å². The predicted molar refractivity (Wildman–Crippen MR) is 142 cm³/mol. The lowest BCUT2D eigenvalue weighted by Crippen LogP contribution is -2.31. The van der Waals surface area contributed by atoms with Gasteiger partial charge < -0.3 is 16.0 Å². The lowest BCUT2D eigenvalue weighted by molar-refractivity contribution is 0.255. The van der Waals surface area contributed by atoms with Crippen LogP contribution in [0.4, 0.5) is 10.2 Å². The quantitative estimate of drug-likeness (QED) is 0.495. The molecule has 36 heavy (non-hydrogen) atoms. The Balaban J connectivity index is 1.42. The van der Waals surface area contributed by atoms with Gasteiger partial charge in [-0.2, -0.15) is 10.4 Å². The molecule has 3 N–H and O–H groups in total. The summed E-state index contributed by atoms with van der Waals surface area (Å²) in [7, 11) is 2.18. The minimum Gasteiger partial charge on any atom is -0.370 e. The highest BCUT2D eigenvalue weighted by Gasteiger charge is 2.21. The average molecular weight is 487 g/mol. The summed E-state index contributed by atoms with van der Waals surface area (Å²) in [6, 6.07) is 17.5. The summed E-state index contributed by atoms with van der Waals surface area (Å²) in [4.78, 5) is 2.39. The third kappa shape index (κ3) is 5.45. The van der Waals surface area contributed by atoms with Gasteiger partial charge in [0.05, 0.1) is 16.9 Å². The van der Waals surface area contributed by atoms with E-state index in [0.717, 1.165) is 44.0 Å². The maximum Gasteiger partial charge on any atom is 0.141 e. The Hall–Kier alpha value is -3.21. The van der Waals surface area contributed by atoms with Crippen molar-refractivity contribution in [3.05, 3.63) is 65.5 Å². The van der Waals surface area contributed by atoms with Crippen LogP contribution in [0.5, 0.6) is 0 Å². The number of rotatable bonds is 6. The van der Waals surface area contributed by atoms with Crippen molar-refractivity contribution in [2.45, 2.75) is 50.5 Å². The van der Waals surface area contributed by atoms with Gasteiger partial charge in [0.15, 0.2) is 0 Å². The molecule has 0 unspecified atom stereocenters. The monoisotopic (exact) mass is 486 g/mol. The van der Waals surface area contributed by atoms with Gasteiger partial charge in [-0.05, 0) is 93.9 Å². The second-order valence-corrected chi connectivity index (χ2v) is 10.5. The molecule has 188 valence electrons. The Morgan fingerprint density at radius 3 is 2.56 bits per heavy atom. The van der Waals surface area contributed by atoms with Crippen molar-refractivity contribution in [3.8, 4) is 23.0 Å². The predicted octanol–water partition coefficient (Wildman–Crippen LogP) is 5.29. The summed E-state index contributed by atoms with van der Waals surface area (Å²) < 4.78 is 16.3. The molecular weight excluding hydrogens is 451 g/mol. The Morgan fingerprint density at radius 1 is 1.08 bits per heavy atom. The first-order valence-corrected chi connectivity index (χ1v) is 13.1. The highest BCUT2D eigenvalue weighted by molar-refractivity contribution is 5.65. The van der Waals surface area contributed by atoms with E-state index in [4.69, 9.17) is 16.1 Å². The lowest BCUT2D eigenvalue weighted by Gasteiger charge is -2.29. The van der Waals surface area contributed by atoms with Crippen LogP contribution < -0.4 is 11.1 Å². The van der Waals surface area contributed by atoms with Gasteiger partial charge in [-0.3, -0.25) is 0 Å². The van der Waals surface area contributed by atoms with Gasteiger partial charge in [-0.15, -0.1) is 0 Å². The molecule has 6 nitrogen and oxygen atoms in total. The van der Waals surface area contributed by atoms with Crippen LogP contribution in [-0.2, 0) is 0 Å². The van der Waals surface area contributed by atoms with Crippen LogP contribution in [0, 0.1) is 23.1 Å². The van der Waals surface area contributed by atoms with Crippen molar-refractivity contribution in [2.75, 3.05) is 32.0 Å². The van der Waals surface area contributed by atoms with E-state index in [2.05, 4.69) is 41.5 Å². The van der Waals surface area contributed by atoms with Crippen LogP contribution >= 0.6 is 0 Å². The van der Waals surface area contributed by atoms with Crippen LogP contribution in [-0.4, -0.2) is 47.4 Å². The number of hydrogen-bond acceptors (Lipinski definition) is 5. The molecule has 7 heteroatoms. The van der Waals surface area contributed by atoms with Crippen molar-refractivity contribution in [1.82, 2.24) is 14.7 Å². The van der Waals surface area contributed by atoms with E-state index in [1.165, 1.54) is 43.4 Å². The van der Waals surface area contributed by atoms with Crippen molar-refractivity contribution < 1.29 is 4.39 Å². The van der Waals surface area contributed by atoms with Gasteiger partial charge in [0.25, 0.3) is 0 Å². The molecule has 1 saturated carbocycles. The number of piperidine rings is 1. The maximum atomic E-state index is 14.4. The minimum absolute atomic E-state index is 0.0367. The molecule has 5 rings (SSSR count). The summed E-state index contributed by atoms with van der Waals surface area (Å²) in [6.45, 7) is 3.10. The number of nitriles is 1. The Kier molecular flexibility index (Phi) is 7.35. The zero-order chi connectivity index (χ0) is 25.1. The van der Waals surface area contributed by atoms with E-state index in [1.807, 2.05) is 16.8 Å². The molecule has 0 radical (unpaired) electrons. The van der Waals surface area contributed by atoms with Gasteiger partial charge in [0.2, 0.25) is 0 Å². The molecule has 1 aliphatic carbocycles. The van der Waals surface area contributed by atoms with Gasteiger partial charge in [-0.1, -0.05) is 24.6 Å². The number of aromatic nitrogens is 2. The molecular formula is C29H35FN6. The highest BCUT2D eigenvalue weighted by Crippen LogP contribution is 2.31. The van der Waals surface area contributed by atoms with Gasteiger partial charge in [0.1, 0.15) is 17.7 Å². The number of nitrogens with zero attached hydrogens (tertiary/aromatic N) is 4. The summed E-state index contributed by atoms with van der Waals surface area (Å²) in [5.74, 6) is 1.47. The molecule has 2 aliphatic rings. The lowest BCUT2D eigenvalue weighted by atomic mass is 9.86. The summed E-state index contributed by atoms with van der Waals surface area (Å²) in [5.41, 5.74) is 9.90. The normalized spacial score (nSPS) is 21.3. The molecule has 2 aromatic carbocycles. The zero-order valence-electron chi connectivity index (χ0n) is 21.0. The molecule has 0 spiro atoms. The topological polar surface area (TPSA) is 82.9 Å². The van der Waals surface area contributed by atoms with Gasteiger partial charge >= 0.3 is 0 Å². The molecule has 0 bridgehead atoms. The zero-order valence-corrected chi connectivity index (χ0v) is 21.0. The second-order valence-electron chi connectivity index (χ2n) is 10.5. The number of nitrogens with two attached hydrogens (primary N) is 1. The third-order valence-corrected chi connectivity index (χ3v) is 7.82. The summed E-state index contributed by atoms with van der Waals surface area (Å²) in [6.07, 6.45) is 6.84. The first-order valence-electron chi connectivity index (χ1n) is 13.1. The number of likely N-dealkylation sites (tertiary alicyclic amines) is 1. The van der Waals surface area contributed by atoms with Crippen LogP contribution in [0.25, 0.3) is 16.9 Å². The molecule has 3 aromatic rings. The maximum absolute atomic E-state index is 14.4. The Morgan fingerprint density at radius 2 is 1.86 bits per heavy atom. The first-order chi connectivity index (χ1) is 17.5. The molecule has 2 fully saturated rings. The second kappa shape index (κ2) is 10.8. The smallest absolute Gasteiger partial charge is 0.141 e. The fourth-order valence-electron chi connectivity index (χ4n) is 5.61. The van der Waals surface area contributed by atoms with E-state index < -0.39 is 5.82 Å². The molecule has 1 aromatic heterocycles. The van der Waals surface area contributed by atoms with E-state index in [9.17, 15) is 4.39 Å². The van der Waals surface area contributed by atoms with Crippen molar-refractivity contribution in [2.24, 2.45) is 11.7 Å². The largest absolute Gasteiger partial charge is 0.370 e. The van der Waals surface area contributed by atoms with Crippen molar-refractivity contribution in [1.29, 1.82) is 5.26 Å². The number of halogens is 1. The number of benzene rings is 2. The Bertz CT molecular complexity index is 1220. The molecule has 0 amide bonds. The number of hydrogen-bond donors (Lipinski definition) is 2. The number of anilines is 1. The SMILES string of the molecule is CN1CCC(c2ccc(-n3nc(-c4ccc(C#N)c(F)c4)cc3NC[C@H]3CCC[C@H](N)C3)cc2)CC1. The van der Waals surface area contributed by atoms with Crippen LogP contribution in [0.3, 0.4) is 0 Å². The van der Waals surface area contributed by atoms with E-state index in [0.29, 0.717) is 23.1 Å². The van der Waals surface area contributed by atoms with Crippen LogP contribution in [0.15, 0.2) is 48.5 Å². The molecule has 2 heterocycles. The standard InChI is InChI=1S/C29H35FN6/c1-35-13-11-22(12-14-35)21-7-9-26(10-8-21)36-29(33-19-20-3-2-4-25(32)15-20)17-28(34-36)23-5-6-24(18-31)27(30)16-23/h5-10,16-17,20,22,25,33H,2-4,11-15,19,32H2,1H3/t20-,25-/m0/s1. The third-order valence-electron chi connectivity index (χ3n) is 7.82. The molecule has 1 aliphatic heterocycles. The average Bonchev–Trinajstić information content (AvgIpc) is 3.32. The summed E-state index contributed by atoms with van der Waals surface area (Å²) >= 11 is 0. The van der Waals surface area contributed by atoms with Crippen LogP contribution in [0.1, 0.15) is 55.6 Å². The fourth-order valence-corrected chi connectivity index (χ4v) is 5.61. The van der Waals surface area contributed by atoms with E-state index in [1.54, 1.807) is 6.07 Å². The fraction of sp³-hybridized carbons (Fsp3) is 0.448. The van der Waals surface area contributed by atoms with Crippen molar-refractivity contribution >= 4 is 5.82 Å². The Labute approximate surface area is 212 Å². The highest BCUT2D eigenvalue weighted by atomic mass is 19.1. The molecule has 1 saturated heterocycles. The summed E-state index contributed by atoms with van der Waals surface area (Å²) in [5, 5.41) is 17.5. The number of nitrogens with one attached hydrogen (secondary N) is 1. The molecule has 2 atom stereocenters.